The number of hydrogen-bond donors (Lipinski definition) is 3. The highest BCUT2D eigenvalue weighted by Crippen LogP contribution is 2.24. The fraction of sp³-hybridized carbons (Fsp3) is 0.0526. The Bertz CT molecular complexity index is 1240. The molecule has 0 spiro atoms. The maximum atomic E-state index is 4.55. The predicted octanol–water partition coefficient (Wildman–Crippen LogP) is 3.95. The summed E-state index contributed by atoms with van der Waals surface area (Å²) in [5.74, 6) is 1.13. The van der Waals surface area contributed by atoms with Crippen LogP contribution < -0.4 is 5.32 Å². The van der Waals surface area contributed by atoms with Gasteiger partial charge in [-0.1, -0.05) is 12.1 Å². The van der Waals surface area contributed by atoms with Gasteiger partial charge >= 0.3 is 0 Å². The molecule has 126 valence electrons. The zero-order valence-corrected chi connectivity index (χ0v) is 14.0. The summed E-state index contributed by atoms with van der Waals surface area (Å²) in [4.78, 5) is 16.4. The number of aryl methyl sites for hydroxylation is 1. The van der Waals surface area contributed by atoms with E-state index >= 15 is 0 Å². The molecule has 0 unspecified atom stereocenters. The van der Waals surface area contributed by atoms with Gasteiger partial charge in [-0.15, -0.1) is 0 Å². The van der Waals surface area contributed by atoms with Crippen molar-refractivity contribution in [1.82, 2.24) is 30.1 Å². The summed E-state index contributed by atoms with van der Waals surface area (Å²) in [7, 11) is 0. The summed E-state index contributed by atoms with van der Waals surface area (Å²) in [5.41, 5.74) is 5.02. The standard InChI is InChI=1S/C19H15N7/c1-11-6-12-2-3-13(8-17(12)23-11)18-20-10-21-19(25-18)24-15-4-5-16-14(7-15)9-22-26-16/h2-10,23H,1H3,(H,22,26)(H,20,21,24,25). The number of aromatic nitrogens is 6. The normalized spacial score (nSPS) is 11.3. The lowest BCUT2D eigenvalue weighted by molar-refractivity contribution is 1.06. The van der Waals surface area contributed by atoms with E-state index in [4.69, 9.17) is 0 Å². The first kappa shape index (κ1) is 14.6. The van der Waals surface area contributed by atoms with Crippen LogP contribution in [0.1, 0.15) is 5.69 Å². The highest BCUT2D eigenvalue weighted by Gasteiger charge is 2.07. The van der Waals surface area contributed by atoms with Crippen LogP contribution in [0.5, 0.6) is 0 Å². The smallest absolute Gasteiger partial charge is 0.230 e. The molecule has 3 aromatic heterocycles. The Kier molecular flexibility index (Phi) is 3.18. The second-order valence-corrected chi connectivity index (χ2v) is 6.18. The highest BCUT2D eigenvalue weighted by atomic mass is 15.1. The van der Waals surface area contributed by atoms with E-state index < -0.39 is 0 Å². The minimum absolute atomic E-state index is 0.501. The van der Waals surface area contributed by atoms with Crippen molar-refractivity contribution >= 4 is 33.4 Å². The Hall–Kier alpha value is -3.74. The molecule has 5 rings (SSSR count). The van der Waals surface area contributed by atoms with Crippen LogP contribution in [0.25, 0.3) is 33.2 Å². The Morgan fingerprint density at radius 1 is 0.923 bits per heavy atom. The molecule has 0 radical (unpaired) electrons. The average molecular weight is 341 g/mol. The van der Waals surface area contributed by atoms with Crippen LogP contribution in [-0.4, -0.2) is 30.1 Å². The molecule has 0 aliphatic carbocycles. The minimum Gasteiger partial charge on any atom is -0.359 e. The van der Waals surface area contributed by atoms with Gasteiger partial charge in [-0.05, 0) is 42.6 Å². The average Bonchev–Trinajstić information content (AvgIpc) is 3.26. The summed E-state index contributed by atoms with van der Waals surface area (Å²) in [6.07, 6.45) is 3.30. The van der Waals surface area contributed by atoms with Crippen molar-refractivity contribution < 1.29 is 0 Å². The van der Waals surface area contributed by atoms with Gasteiger partial charge in [-0.3, -0.25) is 5.10 Å². The van der Waals surface area contributed by atoms with E-state index in [1.54, 1.807) is 6.20 Å². The molecule has 0 saturated heterocycles. The molecule has 2 aromatic carbocycles. The number of hydrogen-bond acceptors (Lipinski definition) is 5. The van der Waals surface area contributed by atoms with Gasteiger partial charge < -0.3 is 10.3 Å². The van der Waals surface area contributed by atoms with Crippen LogP contribution in [0.2, 0.25) is 0 Å². The molecule has 0 bridgehead atoms. The van der Waals surface area contributed by atoms with E-state index in [0.29, 0.717) is 11.8 Å². The van der Waals surface area contributed by atoms with Gasteiger partial charge in [0.2, 0.25) is 5.95 Å². The van der Waals surface area contributed by atoms with Crippen LogP contribution in [0, 0.1) is 6.92 Å². The topological polar surface area (TPSA) is 95.2 Å². The highest BCUT2D eigenvalue weighted by molar-refractivity contribution is 5.85. The molecular formula is C19H15N7. The minimum atomic E-state index is 0.501. The van der Waals surface area contributed by atoms with Crippen molar-refractivity contribution in [2.24, 2.45) is 0 Å². The molecular weight excluding hydrogens is 326 g/mol. The number of benzene rings is 2. The first-order valence-corrected chi connectivity index (χ1v) is 8.23. The van der Waals surface area contributed by atoms with Gasteiger partial charge in [0.05, 0.1) is 11.7 Å². The molecule has 0 saturated carbocycles. The van der Waals surface area contributed by atoms with Gasteiger partial charge in [0.15, 0.2) is 5.82 Å². The van der Waals surface area contributed by atoms with Crippen molar-refractivity contribution in [1.29, 1.82) is 0 Å². The molecule has 3 heterocycles. The first-order valence-electron chi connectivity index (χ1n) is 8.23. The fourth-order valence-electron chi connectivity index (χ4n) is 3.06. The summed E-state index contributed by atoms with van der Waals surface area (Å²) in [6.45, 7) is 2.04. The maximum Gasteiger partial charge on any atom is 0.230 e. The zero-order chi connectivity index (χ0) is 17.5. The SMILES string of the molecule is Cc1cc2ccc(-c3ncnc(Nc4ccc5[nH]ncc5c4)n3)cc2[nH]1. The Morgan fingerprint density at radius 2 is 1.88 bits per heavy atom. The van der Waals surface area contributed by atoms with Crippen molar-refractivity contribution in [2.75, 3.05) is 5.32 Å². The maximum absolute atomic E-state index is 4.55. The molecule has 0 atom stereocenters. The quantitative estimate of drug-likeness (QED) is 0.462. The van der Waals surface area contributed by atoms with Gasteiger partial charge in [-0.2, -0.15) is 10.1 Å². The van der Waals surface area contributed by atoms with Crippen molar-refractivity contribution in [3.05, 3.63) is 60.7 Å². The Morgan fingerprint density at radius 3 is 2.85 bits per heavy atom. The van der Waals surface area contributed by atoms with Crippen LogP contribution in [-0.2, 0) is 0 Å². The fourth-order valence-corrected chi connectivity index (χ4v) is 3.06. The molecule has 3 N–H and O–H groups in total. The molecule has 7 nitrogen and oxygen atoms in total. The second kappa shape index (κ2) is 5.66. The number of rotatable bonds is 3. The van der Waals surface area contributed by atoms with Crippen LogP contribution in [0.15, 0.2) is 55.0 Å². The molecule has 0 aliphatic heterocycles. The number of H-pyrrole nitrogens is 2. The van der Waals surface area contributed by atoms with E-state index in [-0.39, 0.29) is 0 Å². The molecule has 26 heavy (non-hydrogen) atoms. The second-order valence-electron chi connectivity index (χ2n) is 6.18. The van der Waals surface area contributed by atoms with E-state index in [2.05, 4.69) is 53.6 Å². The number of fused-ring (bicyclic) bond motifs is 2. The number of anilines is 2. The van der Waals surface area contributed by atoms with E-state index in [1.807, 2.05) is 31.2 Å². The van der Waals surface area contributed by atoms with Crippen LogP contribution >= 0.6 is 0 Å². The molecule has 7 heteroatoms. The third-order valence-electron chi connectivity index (χ3n) is 4.28. The summed E-state index contributed by atoms with van der Waals surface area (Å²) in [6, 6.07) is 14.2. The van der Waals surface area contributed by atoms with E-state index in [9.17, 15) is 0 Å². The zero-order valence-electron chi connectivity index (χ0n) is 14.0. The largest absolute Gasteiger partial charge is 0.359 e. The van der Waals surface area contributed by atoms with Crippen LogP contribution in [0.3, 0.4) is 0 Å². The van der Waals surface area contributed by atoms with Gasteiger partial charge in [0.25, 0.3) is 0 Å². The lowest BCUT2D eigenvalue weighted by Gasteiger charge is -2.06. The number of nitrogens with zero attached hydrogens (tertiary/aromatic N) is 4. The van der Waals surface area contributed by atoms with Crippen LogP contribution in [0.4, 0.5) is 11.6 Å². The van der Waals surface area contributed by atoms with Gasteiger partial charge in [0.1, 0.15) is 6.33 Å². The monoisotopic (exact) mass is 341 g/mol. The molecule has 0 aliphatic rings. The summed E-state index contributed by atoms with van der Waals surface area (Å²) >= 11 is 0. The predicted molar refractivity (Wildman–Crippen MR) is 101 cm³/mol. The lowest BCUT2D eigenvalue weighted by Crippen LogP contribution is -1.99. The van der Waals surface area contributed by atoms with Crippen molar-refractivity contribution in [3.63, 3.8) is 0 Å². The first-order chi connectivity index (χ1) is 12.7. The van der Waals surface area contributed by atoms with Crippen molar-refractivity contribution in [3.8, 4) is 11.4 Å². The Balaban J connectivity index is 1.48. The number of aromatic amines is 2. The molecule has 0 amide bonds. The summed E-state index contributed by atoms with van der Waals surface area (Å²) in [5, 5.41) is 12.4. The lowest BCUT2D eigenvalue weighted by atomic mass is 10.1. The van der Waals surface area contributed by atoms with Crippen molar-refractivity contribution in [2.45, 2.75) is 6.92 Å². The molecule has 5 aromatic rings. The third kappa shape index (κ3) is 2.55. The number of nitrogens with one attached hydrogen (secondary N) is 3. The summed E-state index contributed by atoms with van der Waals surface area (Å²) < 4.78 is 0. The van der Waals surface area contributed by atoms with E-state index in [1.165, 1.54) is 11.7 Å². The molecule has 0 fully saturated rings. The van der Waals surface area contributed by atoms with Gasteiger partial charge in [0, 0.05) is 27.8 Å². The van der Waals surface area contributed by atoms with E-state index in [0.717, 1.165) is 33.4 Å². The Labute approximate surface area is 148 Å². The third-order valence-corrected chi connectivity index (χ3v) is 4.28. The van der Waals surface area contributed by atoms with Gasteiger partial charge in [-0.25, -0.2) is 9.97 Å².